The van der Waals surface area contributed by atoms with Crippen molar-refractivity contribution >= 4 is 5.69 Å². The Hall–Kier alpha value is -3.14. The first kappa shape index (κ1) is 20.6. The van der Waals surface area contributed by atoms with Gasteiger partial charge in [-0.3, -0.25) is 0 Å². The largest absolute Gasteiger partial charge is 0.494 e. The van der Waals surface area contributed by atoms with Gasteiger partial charge in [-0.1, -0.05) is 49.7 Å². The summed E-state index contributed by atoms with van der Waals surface area (Å²) < 4.78 is 17.2. The molecule has 0 bridgehead atoms. The van der Waals surface area contributed by atoms with E-state index in [-0.39, 0.29) is 0 Å². The van der Waals surface area contributed by atoms with Crippen LogP contribution >= 0.6 is 0 Å². The van der Waals surface area contributed by atoms with Crippen molar-refractivity contribution in [3.8, 4) is 17.2 Å². The van der Waals surface area contributed by atoms with Crippen molar-refractivity contribution in [2.45, 2.75) is 26.3 Å². The monoisotopic (exact) mass is 391 g/mol. The molecule has 3 aromatic rings. The molecule has 0 aliphatic carbocycles. The molecule has 0 heterocycles. The summed E-state index contributed by atoms with van der Waals surface area (Å²) in [4.78, 5) is 0. The molecule has 0 aliphatic rings. The Morgan fingerprint density at radius 1 is 0.655 bits per heavy atom. The van der Waals surface area contributed by atoms with Crippen LogP contribution in [0.15, 0.2) is 78.9 Å². The molecule has 3 rings (SSSR count). The summed E-state index contributed by atoms with van der Waals surface area (Å²) in [5.74, 6) is 2.61. The summed E-state index contributed by atoms with van der Waals surface area (Å²) in [6.45, 7) is 4.69. The van der Waals surface area contributed by atoms with Crippen LogP contribution in [0.4, 0.5) is 5.69 Å². The van der Waals surface area contributed by atoms with Crippen molar-refractivity contribution in [3.63, 3.8) is 0 Å². The number of rotatable bonds is 12. The third-order valence-corrected chi connectivity index (χ3v) is 4.38. The molecule has 3 aromatic carbocycles. The minimum atomic E-state index is 0.498. The minimum Gasteiger partial charge on any atom is -0.494 e. The molecule has 0 aromatic heterocycles. The first-order chi connectivity index (χ1) is 14.3. The predicted molar refractivity (Wildman–Crippen MR) is 118 cm³/mol. The summed E-state index contributed by atoms with van der Waals surface area (Å²) in [7, 11) is 0. The van der Waals surface area contributed by atoms with Crippen LogP contribution in [0.3, 0.4) is 0 Å². The Morgan fingerprint density at radius 2 is 1.31 bits per heavy atom. The minimum absolute atomic E-state index is 0.498. The first-order valence-electron chi connectivity index (χ1n) is 10.2. The van der Waals surface area contributed by atoms with Crippen LogP contribution in [0, 0.1) is 0 Å². The zero-order valence-electron chi connectivity index (χ0n) is 17.0. The maximum Gasteiger partial charge on any atom is 0.122 e. The maximum absolute atomic E-state index is 5.80. The van der Waals surface area contributed by atoms with E-state index in [9.17, 15) is 0 Å². The fourth-order valence-corrected chi connectivity index (χ4v) is 2.77. The van der Waals surface area contributed by atoms with Gasteiger partial charge in [-0.05, 0) is 48.4 Å². The van der Waals surface area contributed by atoms with E-state index in [1.807, 2.05) is 66.7 Å². The van der Waals surface area contributed by atoms with Gasteiger partial charge in [-0.25, -0.2) is 0 Å². The van der Waals surface area contributed by atoms with Gasteiger partial charge in [0.15, 0.2) is 0 Å². The van der Waals surface area contributed by atoms with E-state index in [4.69, 9.17) is 14.2 Å². The second-order valence-electron chi connectivity index (χ2n) is 6.74. The molecule has 0 radical (unpaired) electrons. The zero-order chi connectivity index (χ0) is 20.2. The zero-order valence-corrected chi connectivity index (χ0v) is 17.0. The predicted octanol–water partition coefficient (Wildman–Crippen LogP) is 5.94. The van der Waals surface area contributed by atoms with Crippen LogP contribution in [0.5, 0.6) is 17.2 Å². The van der Waals surface area contributed by atoms with Gasteiger partial charge in [0.25, 0.3) is 0 Å². The highest BCUT2D eigenvalue weighted by molar-refractivity contribution is 5.48. The number of hydrogen-bond acceptors (Lipinski definition) is 4. The quantitative estimate of drug-likeness (QED) is 0.388. The van der Waals surface area contributed by atoms with Gasteiger partial charge in [0.1, 0.15) is 30.5 Å². The third-order valence-electron chi connectivity index (χ3n) is 4.38. The third kappa shape index (κ3) is 7.41. The Labute approximate surface area is 173 Å². The standard InChI is InChI=1S/C25H29NO3/c1-2-3-16-27-24-14-12-21(13-15-24)20-26-22-8-7-11-25(19-22)29-18-17-28-23-9-5-4-6-10-23/h4-15,19,26H,2-3,16-18,20H2,1H3. The number of ether oxygens (including phenoxy) is 3. The van der Waals surface area contributed by atoms with Crippen molar-refractivity contribution in [2.75, 3.05) is 25.1 Å². The summed E-state index contributed by atoms with van der Waals surface area (Å²) in [5, 5.41) is 3.44. The number of anilines is 1. The Morgan fingerprint density at radius 3 is 2.07 bits per heavy atom. The molecule has 0 spiro atoms. The number of hydrogen-bond donors (Lipinski definition) is 1. The fraction of sp³-hybridized carbons (Fsp3) is 0.280. The van der Waals surface area contributed by atoms with Crippen molar-refractivity contribution in [2.24, 2.45) is 0 Å². The molecule has 0 unspecified atom stereocenters. The summed E-state index contributed by atoms with van der Waals surface area (Å²) in [6.07, 6.45) is 2.23. The number of unbranched alkanes of at least 4 members (excludes halogenated alkanes) is 1. The van der Waals surface area contributed by atoms with E-state index in [2.05, 4.69) is 24.4 Å². The molecular weight excluding hydrogens is 362 g/mol. The van der Waals surface area contributed by atoms with Crippen LogP contribution in [0.1, 0.15) is 25.3 Å². The lowest BCUT2D eigenvalue weighted by molar-refractivity contribution is 0.217. The Bertz CT molecular complexity index is 834. The summed E-state index contributed by atoms with van der Waals surface area (Å²) in [5.41, 5.74) is 2.23. The lowest BCUT2D eigenvalue weighted by atomic mass is 10.2. The first-order valence-corrected chi connectivity index (χ1v) is 10.2. The van der Waals surface area contributed by atoms with Gasteiger partial charge in [-0.15, -0.1) is 0 Å². The van der Waals surface area contributed by atoms with Crippen molar-refractivity contribution in [1.82, 2.24) is 0 Å². The van der Waals surface area contributed by atoms with Crippen molar-refractivity contribution in [1.29, 1.82) is 0 Å². The van der Waals surface area contributed by atoms with Gasteiger partial charge in [0.05, 0.1) is 6.61 Å². The van der Waals surface area contributed by atoms with Crippen molar-refractivity contribution < 1.29 is 14.2 Å². The number of nitrogens with one attached hydrogen (secondary N) is 1. The Balaban J connectivity index is 1.41. The fourth-order valence-electron chi connectivity index (χ4n) is 2.77. The van der Waals surface area contributed by atoms with E-state index in [1.54, 1.807) is 0 Å². The highest BCUT2D eigenvalue weighted by Crippen LogP contribution is 2.19. The van der Waals surface area contributed by atoms with Gasteiger partial charge in [-0.2, -0.15) is 0 Å². The second-order valence-corrected chi connectivity index (χ2v) is 6.74. The molecule has 4 nitrogen and oxygen atoms in total. The van der Waals surface area contributed by atoms with Crippen molar-refractivity contribution in [3.05, 3.63) is 84.4 Å². The SMILES string of the molecule is CCCCOc1ccc(CNc2cccc(OCCOc3ccccc3)c2)cc1. The molecule has 0 fully saturated rings. The summed E-state index contributed by atoms with van der Waals surface area (Å²) >= 11 is 0. The average molecular weight is 392 g/mol. The van der Waals surface area contributed by atoms with Gasteiger partial charge in [0, 0.05) is 18.3 Å². The molecule has 1 N–H and O–H groups in total. The van der Waals surface area contributed by atoms with Gasteiger partial charge < -0.3 is 19.5 Å². The highest BCUT2D eigenvalue weighted by atomic mass is 16.5. The molecule has 0 saturated carbocycles. The second kappa shape index (κ2) is 11.6. The van der Waals surface area contributed by atoms with Gasteiger partial charge in [0.2, 0.25) is 0 Å². The molecule has 0 saturated heterocycles. The topological polar surface area (TPSA) is 39.7 Å². The Kier molecular flexibility index (Phi) is 8.27. The molecule has 0 aliphatic heterocycles. The van der Waals surface area contributed by atoms with Crippen LogP contribution in [-0.4, -0.2) is 19.8 Å². The van der Waals surface area contributed by atoms with E-state index in [0.29, 0.717) is 13.2 Å². The lowest BCUT2D eigenvalue weighted by Gasteiger charge is -2.11. The molecule has 29 heavy (non-hydrogen) atoms. The van der Waals surface area contributed by atoms with E-state index in [1.165, 1.54) is 5.56 Å². The smallest absolute Gasteiger partial charge is 0.122 e. The highest BCUT2D eigenvalue weighted by Gasteiger charge is 2.00. The molecular formula is C25H29NO3. The maximum atomic E-state index is 5.80. The van der Waals surface area contributed by atoms with E-state index in [0.717, 1.165) is 48.9 Å². The normalized spacial score (nSPS) is 10.4. The molecule has 0 amide bonds. The van der Waals surface area contributed by atoms with Crippen LogP contribution in [0.2, 0.25) is 0 Å². The lowest BCUT2D eigenvalue weighted by Crippen LogP contribution is -2.09. The number of para-hydroxylation sites is 1. The van der Waals surface area contributed by atoms with Crippen LogP contribution in [-0.2, 0) is 6.54 Å². The molecule has 4 heteroatoms. The summed E-state index contributed by atoms with van der Waals surface area (Å²) in [6, 6.07) is 26.0. The molecule has 152 valence electrons. The molecule has 0 atom stereocenters. The van der Waals surface area contributed by atoms with Crippen LogP contribution in [0.25, 0.3) is 0 Å². The van der Waals surface area contributed by atoms with E-state index >= 15 is 0 Å². The van der Waals surface area contributed by atoms with Crippen LogP contribution < -0.4 is 19.5 Å². The number of benzene rings is 3. The van der Waals surface area contributed by atoms with Gasteiger partial charge >= 0.3 is 0 Å². The van der Waals surface area contributed by atoms with E-state index < -0.39 is 0 Å². The average Bonchev–Trinajstić information content (AvgIpc) is 2.77.